The van der Waals surface area contributed by atoms with Gasteiger partial charge in [-0.3, -0.25) is 0 Å². The van der Waals surface area contributed by atoms with Gasteiger partial charge in [-0.1, -0.05) is 6.07 Å². The van der Waals surface area contributed by atoms with Crippen LogP contribution in [0, 0.1) is 13.8 Å². The molecule has 0 atom stereocenters. The maximum absolute atomic E-state index is 11.8. The highest BCUT2D eigenvalue weighted by molar-refractivity contribution is 5.23. The molecule has 2 nitrogen and oxygen atoms in total. The van der Waals surface area contributed by atoms with Crippen LogP contribution in [0.5, 0.6) is 5.88 Å². The summed E-state index contributed by atoms with van der Waals surface area (Å²) in [5.41, 5.74) is 1.75. The molecule has 5 heteroatoms. The Balaban J connectivity index is 2.48. The third-order valence-corrected chi connectivity index (χ3v) is 1.96. The van der Waals surface area contributed by atoms with E-state index in [0.29, 0.717) is 0 Å². The van der Waals surface area contributed by atoms with Crippen LogP contribution in [0.3, 0.4) is 0 Å². The summed E-state index contributed by atoms with van der Waals surface area (Å²) < 4.78 is 40.3. The summed E-state index contributed by atoms with van der Waals surface area (Å²) in [7, 11) is 0. The number of hydrogen-bond donors (Lipinski definition) is 0. The lowest BCUT2D eigenvalue weighted by Crippen LogP contribution is -2.13. The summed E-state index contributed by atoms with van der Waals surface area (Å²) in [5, 5.41) is 0. The molecule has 0 aromatic carbocycles. The molecule has 0 aliphatic rings. The first kappa shape index (κ1) is 11.8. The number of aryl methyl sites for hydroxylation is 2. The normalized spacial score (nSPS) is 11.5. The molecule has 1 aromatic heterocycles. The van der Waals surface area contributed by atoms with Gasteiger partial charge in [-0.05, 0) is 19.4 Å². The van der Waals surface area contributed by atoms with Gasteiger partial charge in [-0.15, -0.1) is 0 Å². The standard InChI is InChI=1S/C10H12F3NO/c1-7-3-4-9(14-8(7)2)15-6-5-10(11,12)13/h3-4H,5-6H2,1-2H3. The van der Waals surface area contributed by atoms with Gasteiger partial charge in [-0.25, -0.2) is 4.98 Å². The lowest BCUT2D eigenvalue weighted by molar-refractivity contribution is -0.139. The number of rotatable bonds is 3. The van der Waals surface area contributed by atoms with Crippen LogP contribution in [0.4, 0.5) is 13.2 Å². The molecule has 0 spiro atoms. The second kappa shape index (κ2) is 4.51. The van der Waals surface area contributed by atoms with Crippen LogP contribution in [0.25, 0.3) is 0 Å². The maximum Gasteiger partial charge on any atom is 0.392 e. The number of pyridine rings is 1. The van der Waals surface area contributed by atoms with E-state index in [4.69, 9.17) is 4.74 Å². The van der Waals surface area contributed by atoms with Crippen molar-refractivity contribution in [3.63, 3.8) is 0 Å². The molecule has 84 valence electrons. The molecule has 1 heterocycles. The van der Waals surface area contributed by atoms with Crippen molar-refractivity contribution >= 4 is 0 Å². The van der Waals surface area contributed by atoms with E-state index in [1.54, 1.807) is 19.1 Å². The van der Waals surface area contributed by atoms with Gasteiger partial charge in [0.15, 0.2) is 0 Å². The average molecular weight is 219 g/mol. The van der Waals surface area contributed by atoms with Gasteiger partial charge >= 0.3 is 6.18 Å². The number of nitrogens with zero attached hydrogens (tertiary/aromatic N) is 1. The van der Waals surface area contributed by atoms with Crippen molar-refractivity contribution in [3.8, 4) is 5.88 Å². The SMILES string of the molecule is Cc1ccc(OCCC(F)(F)F)nc1C. The van der Waals surface area contributed by atoms with Crippen LogP contribution in [-0.4, -0.2) is 17.8 Å². The van der Waals surface area contributed by atoms with E-state index < -0.39 is 12.6 Å². The zero-order chi connectivity index (χ0) is 11.5. The lowest BCUT2D eigenvalue weighted by atomic mass is 10.2. The Morgan fingerprint density at radius 1 is 1.27 bits per heavy atom. The molecule has 1 rings (SSSR count). The molecule has 0 N–H and O–H groups in total. The van der Waals surface area contributed by atoms with E-state index in [1.165, 1.54) is 0 Å². The highest BCUT2D eigenvalue weighted by atomic mass is 19.4. The van der Waals surface area contributed by atoms with Crippen molar-refractivity contribution in [2.45, 2.75) is 26.4 Å². The van der Waals surface area contributed by atoms with Gasteiger partial charge in [-0.2, -0.15) is 13.2 Å². The summed E-state index contributed by atoms with van der Waals surface area (Å²) in [6.45, 7) is 3.27. The smallest absolute Gasteiger partial charge is 0.392 e. The molecule has 0 saturated heterocycles. The molecule has 0 saturated carbocycles. The summed E-state index contributed by atoms with van der Waals surface area (Å²) >= 11 is 0. The van der Waals surface area contributed by atoms with Gasteiger partial charge in [0.1, 0.15) is 0 Å². The quantitative estimate of drug-likeness (QED) is 0.779. The van der Waals surface area contributed by atoms with Crippen molar-refractivity contribution in [2.24, 2.45) is 0 Å². The molecule has 0 aliphatic heterocycles. The predicted octanol–water partition coefficient (Wildman–Crippen LogP) is 3.03. The monoisotopic (exact) mass is 219 g/mol. The summed E-state index contributed by atoms with van der Waals surface area (Å²) in [6.07, 6.45) is -5.14. The highest BCUT2D eigenvalue weighted by Gasteiger charge is 2.26. The van der Waals surface area contributed by atoms with Crippen molar-refractivity contribution in [3.05, 3.63) is 23.4 Å². The third kappa shape index (κ3) is 4.18. The van der Waals surface area contributed by atoms with Gasteiger partial charge < -0.3 is 4.74 Å². The van der Waals surface area contributed by atoms with E-state index in [1.807, 2.05) is 6.92 Å². The van der Waals surface area contributed by atoms with Gasteiger partial charge in [0.25, 0.3) is 0 Å². The van der Waals surface area contributed by atoms with Crippen molar-refractivity contribution in [2.75, 3.05) is 6.61 Å². The Morgan fingerprint density at radius 3 is 2.47 bits per heavy atom. The number of hydrogen-bond acceptors (Lipinski definition) is 2. The summed E-state index contributed by atoms with van der Waals surface area (Å²) in [6, 6.07) is 3.34. The number of ether oxygens (including phenoxy) is 1. The molecule has 1 aromatic rings. The largest absolute Gasteiger partial charge is 0.477 e. The van der Waals surface area contributed by atoms with Crippen LogP contribution < -0.4 is 4.74 Å². The molecular formula is C10H12F3NO. The lowest BCUT2D eigenvalue weighted by Gasteiger charge is -2.08. The van der Waals surface area contributed by atoms with E-state index in [9.17, 15) is 13.2 Å². The zero-order valence-corrected chi connectivity index (χ0v) is 8.56. The first-order valence-electron chi connectivity index (χ1n) is 4.52. The summed E-state index contributed by atoms with van der Waals surface area (Å²) in [4.78, 5) is 4.00. The second-order valence-corrected chi connectivity index (χ2v) is 3.27. The molecule has 0 radical (unpaired) electrons. The van der Waals surface area contributed by atoms with Crippen LogP contribution >= 0.6 is 0 Å². The topological polar surface area (TPSA) is 22.1 Å². The highest BCUT2D eigenvalue weighted by Crippen LogP contribution is 2.20. The molecule has 0 aliphatic carbocycles. The number of alkyl halides is 3. The molecule has 0 fully saturated rings. The Kier molecular flexibility index (Phi) is 3.55. The van der Waals surface area contributed by atoms with Gasteiger partial charge in [0.05, 0.1) is 13.0 Å². The Morgan fingerprint density at radius 2 is 1.93 bits per heavy atom. The first-order valence-corrected chi connectivity index (χ1v) is 4.52. The zero-order valence-electron chi connectivity index (χ0n) is 8.56. The molecule has 0 unspecified atom stereocenters. The average Bonchev–Trinajstić information content (AvgIpc) is 2.09. The van der Waals surface area contributed by atoms with Crippen LogP contribution in [0.1, 0.15) is 17.7 Å². The van der Waals surface area contributed by atoms with Crippen molar-refractivity contribution in [1.29, 1.82) is 0 Å². The van der Waals surface area contributed by atoms with Crippen LogP contribution in [-0.2, 0) is 0 Å². The summed E-state index contributed by atoms with van der Waals surface area (Å²) in [5.74, 6) is 0.238. The van der Waals surface area contributed by atoms with Gasteiger partial charge in [0, 0.05) is 11.8 Å². The van der Waals surface area contributed by atoms with Crippen molar-refractivity contribution < 1.29 is 17.9 Å². The molecule has 0 amide bonds. The Hall–Kier alpha value is -1.26. The maximum atomic E-state index is 11.8. The van der Waals surface area contributed by atoms with E-state index >= 15 is 0 Å². The number of halogens is 3. The minimum Gasteiger partial charge on any atom is -0.477 e. The third-order valence-electron chi connectivity index (χ3n) is 1.96. The second-order valence-electron chi connectivity index (χ2n) is 3.27. The molecular weight excluding hydrogens is 207 g/mol. The van der Waals surface area contributed by atoms with Crippen LogP contribution in [0.15, 0.2) is 12.1 Å². The van der Waals surface area contributed by atoms with E-state index in [0.717, 1.165) is 11.3 Å². The fourth-order valence-electron chi connectivity index (χ4n) is 0.959. The fourth-order valence-corrected chi connectivity index (χ4v) is 0.959. The fraction of sp³-hybridized carbons (Fsp3) is 0.500. The van der Waals surface area contributed by atoms with E-state index in [-0.39, 0.29) is 12.5 Å². The van der Waals surface area contributed by atoms with Gasteiger partial charge in [0.2, 0.25) is 5.88 Å². The molecule has 0 bridgehead atoms. The Labute approximate surface area is 86.1 Å². The minimum atomic E-state index is -4.18. The van der Waals surface area contributed by atoms with E-state index in [2.05, 4.69) is 4.98 Å². The first-order chi connectivity index (χ1) is 6.88. The van der Waals surface area contributed by atoms with Crippen molar-refractivity contribution in [1.82, 2.24) is 4.98 Å². The predicted molar refractivity (Wildman–Crippen MR) is 49.9 cm³/mol. The minimum absolute atomic E-state index is 0.238. The molecule has 15 heavy (non-hydrogen) atoms. The Bertz CT molecular complexity index is 336. The van der Waals surface area contributed by atoms with Crippen LogP contribution in [0.2, 0.25) is 0 Å². The number of aromatic nitrogens is 1.